The molecule has 144 valence electrons. The highest BCUT2D eigenvalue weighted by atomic mass is 35.5. The predicted octanol–water partition coefficient (Wildman–Crippen LogP) is 4.72. The van der Waals surface area contributed by atoms with Gasteiger partial charge in [0.25, 0.3) is 0 Å². The van der Waals surface area contributed by atoms with Crippen LogP contribution in [0.4, 0.5) is 0 Å². The number of esters is 1. The van der Waals surface area contributed by atoms with E-state index in [1.165, 1.54) is 12.1 Å². The molecule has 3 rings (SSSR count). The molecule has 0 aliphatic heterocycles. The van der Waals surface area contributed by atoms with E-state index >= 15 is 0 Å². The van der Waals surface area contributed by atoms with Crippen LogP contribution in [0.3, 0.4) is 0 Å². The molecule has 0 aliphatic rings. The fourth-order valence-electron chi connectivity index (χ4n) is 3.22. The molecule has 5 nitrogen and oxygen atoms in total. The monoisotopic (exact) mass is 398 g/mol. The van der Waals surface area contributed by atoms with Crippen molar-refractivity contribution in [2.75, 3.05) is 6.61 Å². The van der Waals surface area contributed by atoms with Crippen LogP contribution < -0.4 is 5.43 Å². The number of halogens is 1. The van der Waals surface area contributed by atoms with Crippen LogP contribution in [0.15, 0.2) is 39.5 Å². The molecule has 1 heterocycles. The zero-order valence-electron chi connectivity index (χ0n) is 16.0. The van der Waals surface area contributed by atoms with E-state index in [4.69, 9.17) is 20.8 Å². The molecule has 1 aromatic heterocycles. The maximum absolute atomic E-state index is 12.6. The Hall–Kier alpha value is -2.92. The summed E-state index contributed by atoms with van der Waals surface area (Å²) in [6.45, 7) is 7.21. The number of carbonyl (C=O) groups is 2. The van der Waals surface area contributed by atoms with Gasteiger partial charge in [-0.15, -0.1) is 0 Å². The van der Waals surface area contributed by atoms with Gasteiger partial charge in [-0.1, -0.05) is 17.7 Å². The second-order valence-corrected chi connectivity index (χ2v) is 7.19. The number of hydrogen-bond acceptors (Lipinski definition) is 5. The first-order valence-corrected chi connectivity index (χ1v) is 9.08. The molecule has 0 unspecified atom stereocenters. The summed E-state index contributed by atoms with van der Waals surface area (Å²) < 4.78 is 10.5. The molecule has 0 amide bonds. The summed E-state index contributed by atoms with van der Waals surface area (Å²) in [7, 11) is 0. The molecule has 2 aromatic carbocycles. The summed E-state index contributed by atoms with van der Waals surface area (Å²) in [4.78, 5) is 37.1. The molecule has 0 bridgehead atoms. The van der Waals surface area contributed by atoms with Crippen LogP contribution in [-0.2, 0) is 4.74 Å². The average Bonchev–Trinajstić information content (AvgIpc) is 2.64. The van der Waals surface area contributed by atoms with Crippen molar-refractivity contribution < 1.29 is 18.7 Å². The summed E-state index contributed by atoms with van der Waals surface area (Å²) >= 11 is 5.87. The highest BCUT2D eigenvalue weighted by Crippen LogP contribution is 2.22. The smallest absolute Gasteiger partial charge is 0.374 e. The molecule has 0 spiro atoms. The van der Waals surface area contributed by atoms with Crippen molar-refractivity contribution in [1.29, 1.82) is 0 Å². The molecular weight excluding hydrogens is 380 g/mol. The summed E-state index contributed by atoms with van der Waals surface area (Å²) in [5.41, 5.74) is 4.17. The summed E-state index contributed by atoms with van der Waals surface area (Å²) in [5, 5.41) is 0.654. The van der Waals surface area contributed by atoms with Crippen molar-refractivity contribution in [1.82, 2.24) is 0 Å². The molecule has 28 heavy (non-hydrogen) atoms. The molecular formula is C22H19ClO5. The summed E-state index contributed by atoms with van der Waals surface area (Å²) in [6.07, 6.45) is 0. The van der Waals surface area contributed by atoms with E-state index in [-0.39, 0.29) is 22.5 Å². The number of ketones is 1. The van der Waals surface area contributed by atoms with Gasteiger partial charge in [-0.25, -0.2) is 4.79 Å². The fraction of sp³-hybridized carbons (Fsp3) is 0.227. The lowest BCUT2D eigenvalue weighted by molar-refractivity contribution is 0.0444. The minimum Gasteiger partial charge on any atom is -0.451 e. The van der Waals surface area contributed by atoms with E-state index in [0.717, 1.165) is 28.3 Å². The van der Waals surface area contributed by atoms with Gasteiger partial charge in [-0.05, 0) is 68.1 Å². The van der Waals surface area contributed by atoms with Crippen LogP contribution in [0.25, 0.3) is 11.0 Å². The van der Waals surface area contributed by atoms with Crippen LogP contribution >= 0.6 is 11.6 Å². The Balaban J connectivity index is 1.82. The van der Waals surface area contributed by atoms with Gasteiger partial charge < -0.3 is 9.15 Å². The van der Waals surface area contributed by atoms with E-state index in [1.54, 1.807) is 6.07 Å². The van der Waals surface area contributed by atoms with Gasteiger partial charge in [-0.3, -0.25) is 9.59 Å². The minimum absolute atomic E-state index is 0.219. The van der Waals surface area contributed by atoms with Gasteiger partial charge >= 0.3 is 5.97 Å². The Morgan fingerprint density at radius 2 is 1.71 bits per heavy atom. The van der Waals surface area contributed by atoms with E-state index in [1.807, 2.05) is 33.8 Å². The number of ether oxygens (including phenoxy) is 1. The van der Waals surface area contributed by atoms with Gasteiger partial charge in [0.15, 0.2) is 12.0 Å². The van der Waals surface area contributed by atoms with Crippen molar-refractivity contribution in [3.8, 4) is 0 Å². The Labute approximate surface area is 166 Å². The lowest BCUT2D eigenvalue weighted by atomic mass is 9.92. The topological polar surface area (TPSA) is 73.6 Å². The second-order valence-electron chi connectivity index (χ2n) is 6.75. The standard InChI is InChI=1S/C22H19ClO5/c1-11-7-12(2)21(14(4)13(11)3)18(25)10-27-22(26)20-9-17(24)16-8-15(23)5-6-19(16)28-20/h5-9H,10H2,1-4H3. The van der Waals surface area contributed by atoms with Gasteiger partial charge in [0.1, 0.15) is 5.58 Å². The van der Waals surface area contributed by atoms with Gasteiger partial charge in [0.05, 0.1) is 5.39 Å². The predicted molar refractivity (Wildman–Crippen MR) is 107 cm³/mol. The first-order valence-electron chi connectivity index (χ1n) is 8.70. The van der Waals surface area contributed by atoms with Crippen LogP contribution in [-0.4, -0.2) is 18.4 Å². The van der Waals surface area contributed by atoms with Crippen molar-refractivity contribution in [3.63, 3.8) is 0 Å². The molecule has 0 fully saturated rings. The molecule has 0 aliphatic carbocycles. The number of rotatable bonds is 4. The van der Waals surface area contributed by atoms with Gasteiger partial charge in [0, 0.05) is 16.7 Å². The van der Waals surface area contributed by atoms with Crippen LogP contribution in [0.1, 0.15) is 43.2 Å². The van der Waals surface area contributed by atoms with E-state index in [9.17, 15) is 14.4 Å². The molecule has 3 aromatic rings. The third-order valence-electron chi connectivity index (χ3n) is 4.86. The van der Waals surface area contributed by atoms with Crippen molar-refractivity contribution in [3.05, 3.63) is 79.2 Å². The van der Waals surface area contributed by atoms with Crippen LogP contribution in [0.5, 0.6) is 0 Å². The maximum atomic E-state index is 12.6. The normalized spacial score (nSPS) is 10.9. The first kappa shape index (κ1) is 19.8. The van der Waals surface area contributed by atoms with E-state index in [0.29, 0.717) is 10.6 Å². The van der Waals surface area contributed by atoms with Gasteiger partial charge in [-0.2, -0.15) is 0 Å². The zero-order valence-corrected chi connectivity index (χ0v) is 16.8. The number of hydrogen-bond donors (Lipinski definition) is 0. The van der Waals surface area contributed by atoms with E-state index < -0.39 is 18.0 Å². The van der Waals surface area contributed by atoms with Crippen molar-refractivity contribution in [2.45, 2.75) is 27.7 Å². The molecule has 0 atom stereocenters. The SMILES string of the molecule is Cc1cc(C)c(C(=O)COC(=O)c2cc(=O)c3cc(Cl)ccc3o2)c(C)c1C. The second kappa shape index (κ2) is 7.60. The highest BCUT2D eigenvalue weighted by Gasteiger charge is 2.19. The summed E-state index contributed by atoms with van der Waals surface area (Å²) in [6, 6.07) is 7.50. The number of carbonyl (C=O) groups excluding carboxylic acids is 2. The quantitative estimate of drug-likeness (QED) is 0.469. The lowest BCUT2D eigenvalue weighted by Crippen LogP contribution is -2.18. The molecule has 0 saturated carbocycles. The van der Waals surface area contributed by atoms with Crippen molar-refractivity contribution in [2.24, 2.45) is 0 Å². The van der Waals surface area contributed by atoms with Crippen molar-refractivity contribution >= 4 is 34.3 Å². The van der Waals surface area contributed by atoms with E-state index in [2.05, 4.69) is 0 Å². The first-order chi connectivity index (χ1) is 13.2. The molecule has 0 N–H and O–H groups in total. The third-order valence-corrected chi connectivity index (χ3v) is 5.10. The van der Waals surface area contributed by atoms with Crippen LogP contribution in [0, 0.1) is 27.7 Å². The third kappa shape index (κ3) is 3.71. The molecule has 0 saturated heterocycles. The fourth-order valence-corrected chi connectivity index (χ4v) is 3.39. The largest absolute Gasteiger partial charge is 0.451 e. The molecule has 6 heteroatoms. The Kier molecular flexibility index (Phi) is 5.38. The number of fused-ring (bicyclic) bond motifs is 1. The Bertz CT molecular complexity index is 1170. The zero-order chi connectivity index (χ0) is 20.6. The van der Waals surface area contributed by atoms with Crippen LogP contribution in [0.2, 0.25) is 5.02 Å². The molecule has 0 radical (unpaired) electrons. The highest BCUT2D eigenvalue weighted by molar-refractivity contribution is 6.31. The number of aryl methyl sites for hydroxylation is 2. The number of Topliss-reactive ketones (excluding diaryl/α,β-unsaturated/α-hetero) is 1. The Morgan fingerprint density at radius 1 is 1.00 bits per heavy atom. The summed E-state index contributed by atoms with van der Waals surface area (Å²) in [5.74, 6) is -1.44. The Morgan fingerprint density at radius 3 is 2.43 bits per heavy atom. The maximum Gasteiger partial charge on any atom is 0.374 e. The lowest BCUT2D eigenvalue weighted by Gasteiger charge is -2.14. The number of benzene rings is 2. The average molecular weight is 399 g/mol. The van der Waals surface area contributed by atoms with Gasteiger partial charge in [0.2, 0.25) is 11.5 Å². The minimum atomic E-state index is -0.874.